The van der Waals surface area contributed by atoms with Crippen molar-refractivity contribution in [3.05, 3.63) is 40.5 Å². The summed E-state index contributed by atoms with van der Waals surface area (Å²) in [5, 5.41) is 0. The molecule has 1 spiro atoms. The van der Waals surface area contributed by atoms with E-state index in [0.717, 1.165) is 24.0 Å². The summed E-state index contributed by atoms with van der Waals surface area (Å²) < 4.78 is 10.8. The van der Waals surface area contributed by atoms with E-state index in [1.54, 1.807) is 4.90 Å². The Labute approximate surface area is 167 Å². The van der Waals surface area contributed by atoms with Gasteiger partial charge in [-0.3, -0.25) is 0 Å². The molecule has 1 aliphatic heterocycles. The second kappa shape index (κ2) is 7.26. The molecule has 2 aliphatic rings. The number of benzene rings is 1. The van der Waals surface area contributed by atoms with Crippen molar-refractivity contribution in [2.24, 2.45) is 0 Å². The quantitative estimate of drug-likeness (QED) is 0.702. The maximum atomic E-state index is 12.6. The van der Waals surface area contributed by atoms with Crippen LogP contribution in [0.4, 0.5) is 4.79 Å². The topological polar surface area (TPSA) is 55.8 Å². The van der Waals surface area contributed by atoms with Crippen LogP contribution in [-0.2, 0) is 19.7 Å². The fraction of sp³-hybridized carbons (Fsp3) is 0.565. The van der Waals surface area contributed by atoms with Crippen molar-refractivity contribution in [2.45, 2.75) is 65.4 Å². The molecular formula is C23H31NO4. The van der Waals surface area contributed by atoms with E-state index in [9.17, 15) is 9.59 Å². The number of nitrogens with zero attached hydrogens (tertiary/aromatic N) is 1. The van der Waals surface area contributed by atoms with Gasteiger partial charge in [-0.1, -0.05) is 18.2 Å². The lowest BCUT2D eigenvalue weighted by Gasteiger charge is -2.39. The van der Waals surface area contributed by atoms with Gasteiger partial charge < -0.3 is 14.4 Å². The molecule has 0 N–H and O–H groups in total. The van der Waals surface area contributed by atoms with Crippen LogP contribution in [0.25, 0.3) is 5.57 Å². The molecule has 0 unspecified atom stereocenters. The van der Waals surface area contributed by atoms with E-state index < -0.39 is 5.60 Å². The second-order valence-electron chi connectivity index (χ2n) is 8.88. The van der Waals surface area contributed by atoms with E-state index in [-0.39, 0.29) is 17.5 Å². The average Bonchev–Trinajstić information content (AvgIpc) is 2.88. The van der Waals surface area contributed by atoms with E-state index in [1.807, 2.05) is 27.7 Å². The van der Waals surface area contributed by atoms with Gasteiger partial charge in [0.15, 0.2) is 0 Å². The van der Waals surface area contributed by atoms with Gasteiger partial charge in [0, 0.05) is 18.5 Å². The molecule has 152 valence electrons. The van der Waals surface area contributed by atoms with E-state index >= 15 is 0 Å². The third kappa shape index (κ3) is 3.80. The van der Waals surface area contributed by atoms with Crippen molar-refractivity contribution in [3.63, 3.8) is 0 Å². The predicted octanol–water partition coefficient (Wildman–Crippen LogP) is 4.53. The van der Waals surface area contributed by atoms with Gasteiger partial charge in [-0.15, -0.1) is 0 Å². The number of carbonyl (C=O) groups is 2. The Bertz CT molecular complexity index is 824. The minimum atomic E-state index is -0.502. The van der Waals surface area contributed by atoms with Gasteiger partial charge in [-0.05, 0) is 76.6 Å². The maximum Gasteiger partial charge on any atom is 0.410 e. The summed E-state index contributed by atoms with van der Waals surface area (Å²) in [4.78, 5) is 26.8. The zero-order valence-electron chi connectivity index (χ0n) is 17.8. The Morgan fingerprint density at radius 1 is 1.11 bits per heavy atom. The number of allylic oxidation sites excluding steroid dienone is 1. The van der Waals surface area contributed by atoms with Crippen LogP contribution in [0.3, 0.4) is 0 Å². The van der Waals surface area contributed by atoms with Crippen LogP contribution < -0.4 is 0 Å². The minimum Gasteiger partial charge on any atom is -0.462 e. The van der Waals surface area contributed by atoms with Crippen LogP contribution in [0.15, 0.2) is 18.2 Å². The lowest BCUT2D eigenvalue weighted by Crippen LogP contribution is -2.45. The summed E-state index contributed by atoms with van der Waals surface area (Å²) in [6, 6.07) is 4.30. The van der Waals surface area contributed by atoms with Crippen molar-refractivity contribution in [2.75, 3.05) is 19.7 Å². The number of piperidine rings is 1. The summed E-state index contributed by atoms with van der Waals surface area (Å²) >= 11 is 0. The smallest absolute Gasteiger partial charge is 0.410 e. The number of rotatable bonds is 2. The fourth-order valence-corrected chi connectivity index (χ4v) is 4.09. The highest BCUT2D eigenvalue weighted by Gasteiger charge is 2.44. The molecule has 0 aromatic heterocycles. The molecule has 1 aromatic carbocycles. The summed E-state index contributed by atoms with van der Waals surface area (Å²) in [6.45, 7) is 13.2. The van der Waals surface area contributed by atoms with Crippen LogP contribution in [0.1, 0.15) is 62.8 Å². The number of fused-ring (bicyclic) bond motifs is 2. The van der Waals surface area contributed by atoms with Crippen molar-refractivity contribution in [1.29, 1.82) is 0 Å². The van der Waals surface area contributed by atoms with Crippen LogP contribution >= 0.6 is 0 Å². The zero-order chi connectivity index (χ0) is 20.7. The summed E-state index contributed by atoms with van der Waals surface area (Å²) in [5.74, 6) is -0.265. The van der Waals surface area contributed by atoms with Crippen molar-refractivity contribution in [3.8, 4) is 0 Å². The average molecular weight is 386 g/mol. The Morgan fingerprint density at radius 2 is 1.71 bits per heavy atom. The standard InChI is InChI=1S/C23H31NO4/c1-7-27-20(25)18-14-23(19-13-16(3)15(2)12-17(18)19)8-10-24(11-9-23)21(26)28-22(4,5)6/h12-14H,7-11H2,1-6H3. The van der Waals surface area contributed by atoms with Gasteiger partial charge in [0.2, 0.25) is 0 Å². The highest BCUT2D eigenvalue weighted by molar-refractivity contribution is 6.18. The minimum absolute atomic E-state index is 0.228. The highest BCUT2D eigenvalue weighted by Crippen LogP contribution is 2.48. The van der Waals surface area contributed by atoms with Crippen molar-refractivity contribution >= 4 is 17.6 Å². The number of ether oxygens (including phenoxy) is 2. The van der Waals surface area contributed by atoms with Crippen LogP contribution in [0, 0.1) is 13.8 Å². The Kier molecular flexibility index (Phi) is 5.30. The maximum absolute atomic E-state index is 12.6. The first-order valence-electron chi connectivity index (χ1n) is 10.1. The first-order chi connectivity index (χ1) is 13.1. The largest absolute Gasteiger partial charge is 0.462 e. The molecule has 5 heteroatoms. The SMILES string of the molecule is CCOC(=O)C1=CC2(CCN(C(=O)OC(C)(C)C)CC2)c2cc(C)c(C)cc21. The number of likely N-dealkylation sites (tertiary alicyclic amines) is 1. The number of esters is 1. The van der Waals surface area contributed by atoms with E-state index in [1.165, 1.54) is 11.1 Å². The molecule has 1 saturated heterocycles. The monoisotopic (exact) mass is 385 g/mol. The Morgan fingerprint density at radius 3 is 2.29 bits per heavy atom. The fourth-order valence-electron chi connectivity index (χ4n) is 4.09. The summed E-state index contributed by atoms with van der Waals surface area (Å²) in [6.07, 6.45) is 3.35. The molecule has 1 amide bonds. The van der Waals surface area contributed by atoms with E-state index in [0.29, 0.717) is 25.3 Å². The number of amides is 1. The second-order valence-corrected chi connectivity index (χ2v) is 8.88. The number of hydrogen-bond donors (Lipinski definition) is 0. The summed E-state index contributed by atoms with van der Waals surface area (Å²) in [7, 11) is 0. The van der Waals surface area contributed by atoms with Crippen LogP contribution in [0.5, 0.6) is 0 Å². The van der Waals surface area contributed by atoms with Crippen molar-refractivity contribution in [1.82, 2.24) is 4.90 Å². The van der Waals surface area contributed by atoms with Gasteiger partial charge in [-0.2, -0.15) is 0 Å². The molecule has 0 radical (unpaired) electrons. The first-order valence-corrected chi connectivity index (χ1v) is 10.1. The summed E-state index contributed by atoms with van der Waals surface area (Å²) in [5.41, 5.74) is 4.47. The van der Waals surface area contributed by atoms with E-state index in [2.05, 4.69) is 32.1 Å². The molecule has 1 heterocycles. The van der Waals surface area contributed by atoms with Crippen LogP contribution in [-0.4, -0.2) is 42.3 Å². The highest BCUT2D eigenvalue weighted by atomic mass is 16.6. The Balaban J connectivity index is 1.89. The number of aryl methyl sites for hydroxylation is 2. The molecule has 0 bridgehead atoms. The molecule has 1 aromatic rings. The molecule has 0 atom stereocenters. The molecular weight excluding hydrogens is 354 g/mol. The Hall–Kier alpha value is -2.30. The van der Waals surface area contributed by atoms with Gasteiger partial charge >= 0.3 is 12.1 Å². The van der Waals surface area contributed by atoms with Gasteiger partial charge in [0.25, 0.3) is 0 Å². The third-order valence-electron chi connectivity index (χ3n) is 5.68. The molecule has 1 aliphatic carbocycles. The van der Waals surface area contributed by atoms with E-state index in [4.69, 9.17) is 9.47 Å². The normalized spacial score (nSPS) is 17.9. The van der Waals surface area contributed by atoms with Gasteiger partial charge in [0.05, 0.1) is 12.2 Å². The molecule has 5 nitrogen and oxygen atoms in total. The zero-order valence-corrected chi connectivity index (χ0v) is 17.8. The first kappa shape index (κ1) is 20.4. The lowest BCUT2D eigenvalue weighted by atomic mass is 9.74. The van der Waals surface area contributed by atoms with Crippen molar-refractivity contribution < 1.29 is 19.1 Å². The molecule has 1 fully saturated rings. The van der Waals surface area contributed by atoms with Crippen LogP contribution in [0.2, 0.25) is 0 Å². The number of hydrogen-bond acceptors (Lipinski definition) is 4. The predicted molar refractivity (Wildman–Crippen MR) is 109 cm³/mol. The number of carbonyl (C=O) groups excluding carboxylic acids is 2. The lowest BCUT2D eigenvalue weighted by molar-refractivity contribution is -0.136. The van der Waals surface area contributed by atoms with Gasteiger partial charge in [-0.25, -0.2) is 9.59 Å². The molecule has 3 rings (SSSR count). The third-order valence-corrected chi connectivity index (χ3v) is 5.68. The van der Waals surface area contributed by atoms with Gasteiger partial charge in [0.1, 0.15) is 5.60 Å². The molecule has 0 saturated carbocycles. The molecule has 28 heavy (non-hydrogen) atoms.